The Balaban J connectivity index is 2.50. The highest BCUT2D eigenvalue weighted by atomic mass is 31.2. The molecule has 1 rings (SSSR count). The molecule has 0 radical (unpaired) electrons. The topological polar surface area (TPSA) is 169 Å². The minimum Gasteiger partial charge on any atom is -0.756 e. The summed E-state index contributed by atoms with van der Waals surface area (Å²) in [6, 6.07) is 0. The van der Waals surface area contributed by atoms with Gasteiger partial charge in [0.15, 0.2) is 6.10 Å². The number of unbranched alkanes of at least 4 members (excludes halogenated alkanes) is 16. The lowest BCUT2D eigenvalue weighted by Crippen LogP contribution is -2.37. The number of allylic oxidation sites excluding steroid dienone is 2. The molecule has 0 aliphatic heterocycles. The number of esters is 2. The van der Waals surface area contributed by atoms with Crippen molar-refractivity contribution in [1.29, 1.82) is 0 Å². The van der Waals surface area contributed by atoms with Crippen LogP contribution < -0.4 is 4.89 Å². The third-order valence-corrected chi connectivity index (χ3v) is 11.6. The fourth-order valence-corrected chi connectivity index (χ4v) is 7.66. The van der Waals surface area contributed by atoms with Crippen LogP contribution in [0.2, 0.25) is 0 Å². The molecule has 13 heteroatoms. The van der Waals surface area contributed by atoms with Gasteiger partial charge in [0.2, 0.25) is 0 Å². The van der Waals surface area contributed by atoms with Gasteiger partial charge in [0.1, 0.15) is 25.5 Å². The molecule has 1 unspecified atom stereocenters. The van der Waals surface area contributed by atoms with Crippen LogP contribution in [0, 0.1) is 11.8 Å². The molecule has 0 aromatic carbocycles. The number of rotatable bonds is 37. The van der Waals surface area contributed by atoms with Crippen molar-refractivity contribution in [2.24, 2.45) is 11.8 Å². The molecule has 0 amide bonds. The summed E-state index contributed by atoms with van der Waals surface area (Å²) in [6.45, 7) is 3.82. The van der Waals surface area contributed by atoms with E-state index < -0.39 is 44.7 Å². The van der Waals surface area contributed by atoms with E-state index in [1.54, 1.807) is 12.2 Å². The molecule has 12 nitrogen and oxygen atoms in total. The molecule has 0 aromatic rings. The third-order valence-electron chi connectivity index (χ3n) is 10.6. The number of likely N-dealkylation sites (N-methyl/N-ethyl adjacent to an activating group) is 1. The Kier molecular flexibility index (Phi) is 30.6. The molecule has 2 N–H and O–H groups in total. The number of quaternary nitrogens is 1. The van der Waals surface area contributed by atoms with Crippen LogP contribution in [0.4, 0.5) is 0 Å². The average Bonchev–Trinajstić information content (AvgIpc) is 3.43. The number of phosphoric ester groups is 1. The van der Waals surface area contributed by atoms with Gasteiger partial charge in [0.05, 0.1) is 40.0 Å². The lowest BCUT2D eigenvalue weighted by molar-refractivity contribution is -0.870. The van der Waals surface area contributed by atoms with Crippen molar-refractivity contribution in [2.45, 2.75) is 186 Å². The van der Waals surface area contributed by atoms with E-state index in [9.17, 15) is 34.1 Å². The van der Waals surface area contributed by atoms with Crippen molar-refractivity contribution in [1.82, 2.24) is 0 Å². The lowest BCUT2D eigenvalue weighted by atomic mass is 9.90. The molecule has 0 saturated heterocycles. The summed E-state index contributed by atoms with van der Waals surface area (Å²) in [5.41, 5.74) is 0. The maximum atomic E-state index is 12.7. The van der Waals surface area contributed by atoms with Crippen LogP contribution in [-0.2, 0) is 37.5 Å². The van der Waals surface area contributed by atoms with Gasteiger partial charge < -0.3 is 38.1 Å². The largest absolute Gasteiger partial charge is 0.756 e. The van der Waals surface area contributed by atoms with Gasteiger partial charge >= 0.3 is 11.9 Å². The number of aliphatic hydroxyl groups is 2. The van der Waals surface area contributed by atoms with Crippen molar-refractivity contribution in [2.75, 3.05) is 47.5 Å². The molecular weight excluding hydrogens is 761 g/mol. The normalized spacial score (nSPS) is 19.5. The minimum atomic E-state index is -4.69. The summed E-state index contributed by atoms with van der Waals surface area (Å²) in [4.78, 5) is 50.3. The molecule has 1 fully saturated rings. The Hall–Kier alpha value is -1.92. The van der Waals surface area contributed by atoms with E-state index in [-0.39, 0.29) is 50.1 Å². The van der Waals surface area contributed by atoms with Crippen LogP contribution in [-0.4, -0.2) is 98.2 Å². The van der Waals surface area contributed by atoms with Crippen LogP contribution in [0.15, 0.2) is 24.3 Å². The van der Waals surface area contributed by atoms with Gasteiger partial charge in [0.25, 0.3) is 7.82 Å². The van der Waals surface area contributed by atoms with E-state index in [1.807, 2.05) is 33.3 Å². The standard InChI is InChI=1S/C45H82NO11P/c1-6-8-10-11-12-13-14-15-16-17-18-19-20-26-30-45(51)57-39(37-56-58(52,53)55-34-33-46(3,4)5)36-54-44(50)29-25-22-21-24-28-40-41(43(49)35-42(40)48)32-31-38(47)27-23-9-7-2/h21,24,31-32,38-41,43,47,49H,6-20,22-23,25-30,33-37H2,1-5H3/b24-21-,32-31+/t38-,39+,40+,41+,43+/m0/s1. The van der Waals surface area contributed by atoms with Crippen molar-refractivity contribution in [3.05, 3.63) is 24.3 Å². The number of hydrogen-bond acceptors (Lipinski definition) is 11. The number of carbonyl (C=O) groups excluding carboxylic acids is 3. The zero-order valence-electron chi connectivity index (χ0n) is 37.0. The first-order valence-electron chi connectivity index (χ1n) is 22.6. The zero-order valence-corrected chi connectivity index (χ0v) is 37.9. The molecule has 1 aliphatic carbocycles. The monoisotopic (exact) mass is 844 g/mol. The molecule has 58 heavy (non-hydrogen) atoms. The van der Waals surface area contributed by atoms with E-state index in [0.717, 1.165) is 38.5 Å². The Labute approximate surface area is 351 Å². The number of phosphoric acid groups is 1. The highest BCUT2D eigenvalue weighted by molar-refractivity contribution is 7.45. The fourth-order valence-electron chi connectivity index (χ4n) is 6.93. The van der Waals surface area contributed by atoms with Crippen molar-refractivity contribution in [3.63, 3.8) is 0 Å². The summed E-state index contributed by atoms with van der Waals surface area (Å²) in [5, 5.41) is 20.7. The van der Waals surface area contributed by atoms with Crippen LogP contribution in [0.3, 0.4) is 0 Å². The Bertz CT molecular complexity index is 1200. The van der Waals surface area contributed by atoms with Crippen LogP contribution in [0.1, 0.15) is 168 Å². The molecule has 0 bridgehead atoms. The van der Waals surface area contributed by atoms with Crippen LogP contribution in [0.25, 0.3) is 0 Å². The predicted molar refractivity (Wildman–Crippen MR) is 228 cm³/mol. The summed E-state index contributed by atoms with van der Waals surface area (Å²) in [5.74, 6) is -1.74. The van der Waals surface area contributed by atoms with E-state index in [4.69, 9.17) is 18.5 Å². The molecule has 0 spiro atoms. The van der Waals surface area contributed by atoms with Gasteiger partial charge in [-0.15, -0.1) is 0 Å². The fraction of sp³-hybridized carbons (Fsp3) is 0.844. The maximum Gasteiger partial charge on any atom is 0.306 e. The molecule has 1 saturated carbocycles. The highest BCUT2D eigenvalue weighted by Crippen LogP contribution is 2.38. The van der Waals surface area contributed by atoms with E-state index in [1.165, 1.54) is 64.2 Å². The predicted octanol–water partition coefficient (Wildman–Crippen LogP) is 8.70. The number of ether oxygens (including phenoxy) is 2. The summed E-state index contributed by atoms with van der Waals surface area (Å²) < 4.78 is 33.8. The summed E-state index contributed by atoms with van der Waals surface area (Å²) in [7, 11) is 1.02. The maximum absolute atomic E-state index is 12.7. The molecule has 338 valence electrons. The van der Waals surface area contributed by atoms with Crippen molar-refractivity contribution >= 4 is 25.5 Å². The van der Waals surface area contributed by atoms with Gasteiger partial charge in [-0.3, -0.25) is 18.9 Å². The number of Topliss-reactive ketones (excluding diaryl/α,β-unsaturated/α-hetero) is 1. The molecule has 6 atom stereocenters. The Morgan fingerprint density at radius 3 is 1.98 bits per heavy atom. The molecular formula is C45H82NO11P. The number of ketones is 1. The van der Waals surface area contributed by atoms with Gasteiger partial charge in [-0.1, -0.05) is 141 Å². The van der Waals surface area contributed by atoms with Gasteiger partial charge in [-0.25, -0.2) is 0 Å². The molecule has 0 aromatic heterocycles. The number of aliphatic hydroxyl groups excluding tert-OH is 2. The summed E-state index contributed by atoms with van der Waals surface area (Å²) in [6.07, 6.45) is 27.1. The quantitative estimate of drug-likeness (QED) is 0.0202. The second kappa shape index (κ2) is 32.8. The van der Waals surface area contributed by atoms with Gasteiger partial charge in [0, 0.05) is 31.1 Å². The van der Waals surface area contributed by atoms with Crippen molar-refractivity contribution in [3.8, 4) is 0 Å². The first kappa shape index (κ1) is 54.1. The van der Waals surface area contributed by atoms with Crippen molar-refractivity contribution < 1.29 is 57.1 Å². The van der Waals surface area contributed by atoms with E-state index in [2.05, 4.69) is 13.8 Å². The SMILES string of the molecule is CCCCCCCCCCCCCCCCC(=O)O[C@H](COC(=O)CCC/C=C\C[C@H]1C(=O)C[C@@H](O)[C@@H]1/C=C/[C@@H](O)CCCCC)COP(=O)([O-])OCC[N+](C)(C)C. The van der Waals surface area contributed by atoms with E-state index in [0.29, 0.717) is 43.1 Å². The first-order chi connectivity index (χ1) is 27.7. The molecule has 1 aliphatic rings. The lowest BCUT2D eigenvalue weighted by Gasteiger charge is -2.28. The summed E-state index contributed by atoms with van der Waals surface area (Å²) >= 11 is 0. The van der Waals surface area contributed by atoms with Gasteiger partial charge in [-0.2, -0.15) is 0 Å². The second-order valence-corrected chi connectivity index (χ2v) is 18.6. The van der Waals surface area contributed by atoms with E-state index >= 15 is 0 Å². The number of hydrogen-bond donors (Lipinski definition) is 2. The Morgan fingerprint density at radius 1 is 0.810 bits per heavy atom. The van der Waals surface area contributed by atoms with Gasteiger partial charge in [-0.05, 0) is 32.1 Å². The minimum absolute atomic E-state index is 0.00118. The second-order valence-electron chi connectivity index (χ2n) is 17.2. The van der Waals surface area contributed by atoms with Crippen LogP contribution in [0.5, 0.6) is 0 Å². The van der Waals surface area contributed by atoms with Crippen LogP contribution >= 0.6 is 7.82 Å². The first-order valence-corrected chi connectivity index (χ1v) is 24.1. The number of nitrogens with zero attached hydrogens (tertiary/aromatic N) is 1. The molecule has 0 heterocycles. The highest BCUT2D eigenvalue weighted by Gasteiger charge is 2.39. The Morgan fingerprint density at radius 2 is 1.38 bits per heavy atom. The smallest absolute Gasteiger partial charge is 0.306 e. The average molecular weight is 844 g/mol. The third kappa shape index (κ3) is 29.3. The zero-order chi connectivity index (χ0) is 43.1. The number of carbonyl (C=O) groups is 3.